The lowest BCUT2D eigenvalue weighted by Gasteiger charge is -2.11. The number of hydrogen-bond acceptors (Lipinski definition) is 3. The minimum atomic E-state index is 0.561. The number of ether oxygens (including phenoxy) is 1. The highest BCUT2D eigenvalue weighted by molar-refractivity contribution is 6.30. The summed E-state index contributed by atoms with van der Waals surface area (Å²) in [4.78, 5) is 8.69. The first-order chi connectivity index (χ1) is 11.7. The number of nitrogens with zero attached hydrogens (tertiary/aromatic N) is 2. The van der Waals surface area contributed by atoms with Gasteiger partial charge in [-0.3, -0.25) is 0 Å². The van der Waals surface area contributed by atoms with E-state index in [0.717, 1.165) is 36.1 Å². The molecule has 0 saturated heterocycles. The van der Waals surface area contributed by atoms with E-state index in [-0.39, 0.29) is 0 Å². The number of guanidine groups is 1. The molecule has 0 atom stereocenters. The standard InChI is InChI=1S/C18H23ClN4O/c1-3-20-18(22-10-7-14-5-4-6-16(19)11-14)23-13-15-8-9-21-17(12-15)24-2/h4-6,8-9,11-12H,3,7,10,13H2,1-2H3,(H2,20,22,23). The van der Waals surface area contributed by atoms with Crippen molar-refractivity contribution in [1.82, 2.24) is 15.6 Å². The molecule has 0 bridgehead atoms. The summed E-state index contributed by atoms with van der Waals surface area (Å²) in [5, 5.41) is 7.35. The van der Waals surface area contributed by atoms with Crippen LogP contribution in [0.5, 0.6) is 5.88 Å². The molecule has 0 saturated carbocycles. The number of methoxy groups -OCH3 is 1. The molecule has 24 heavy (non-hydrogen) atoms. The van der Waals surface area contributed by atoms with Crippen LogP contribution in [0.1, 0.15) is 18.1 Å². The zero-order chi connectivity index (χ0) is 17.2. The topological polar surface area (TPSA) is 58.5 Å². The quantitative estimate of drug-likeness (QED) is 0.597. The highest BCUT2D eigenvalue weighted by Crippen LogP contribution is 2.11. The van der Waals surface area contributed by atoms with Gasteiger partial charge in [-0.1, -0.05) is 23.7 Å². The molecule has 2 aromatic rings. The van der Waals surface area contributed by atoms with Gasteiger partial charge in [0.25, 0.3) is 0 Å². The van der Waals surface area contributed by atoms with Gasteiger partial charge >= 0.3 is 0 Å². The van der Waals surface area contributed by atoms with Gasteiger partial charge < -0.3 is 15.4 Å². The Morgan fingerprint density at radius 3 is 2.83 bits per heavy atom. The molecule has 5 nitrogen and oxygen atoms in total. The van der Waals surface area contributed by atoms with Crippen molar-refractivity contribution in [2.75, 3.05) is 20.2 Å². The molecule has 0 amide bonds. The van der Waals surface area contributed by atoms with Crippen LogP contribution in [0.4, 0.5) is 0 Å². The molecule has 0 fully saturated rings. The van der Waals surface area contributed by atoms with Crippen molar-refractivity contribution < 1.29 is 4.74 Å². The van der Waals surface area contributed by atoms with Crippen LogP contribution in [0.2, 0.25) is 5.02 Å². The Kier molecular flexibility index (Phi) is 7.36. The van der Waals surface area contributed by atoms with E-state index in [9.17, 15) is 0 Å². The summed E-state index contributed by atoms with van der Waals surface area (Å²) >= 11 is 6.01. The molecular weight excluding hydrogens is 324 g/mol. The van der Waals surface area contributed by atoms with Gasteiger partial charge in [-0.25, -0.2) is 9.98 Å². The Hall–Kier alpha value is -2.27. The minimum Gasteiger partial charge on any atom is -0.481 e. The maximum absolute atomic E-state index is 6.01. The number of nitrogens with one attached hydrogen (secondary N) is 2. The average molecular weight is 347 g/mol. The molecule has 2 N–H and O–H groups in total. The van der Waals surface area contributed by atoms with Crippen molar-refractivity contribution in [3.63, 3.8) is 0 Å². The smallest absolute Gasteiger partial charge is 0.213 e. The van der Waals surface area contributed by atoms with Gasteiger partial charge in [-0.2, -0.15) is 0 Å². The minimum absolute atomic E-state index is 0.561. The third kappa shape index (κ3) is 6.08. The van der Waals surface area contributed by atoms with Crippen LogP contribution >= 0.6 is 11.6 Å². The first-order valence-corrected chi connectivity index (χ1v) is 8.34. The second-order valence-electron chi connectivity index (χ2n) is 5.21. The molecule has 1 heterocycles. The summed E-state index contributed by atoms with van der Waals surface area (Å²) in [6, 6.07) is 11.7. The van der Waals surface area contributed by atoms with Gasteiger partial charge in [-0.15, -0.1) is 0 Å². The lowest BCUT2D eigenvalue weighted by Crippen LogP contribution is -2.38. The van der Waals surface area contributed by atoms with Crippen molar-refractivity contribution in [3.8, 4) is 5.88 Å². The zero-order valence-electron chi connectivity index (χ0n) is 14.1. The zero-order valence-corrected chi connectivity index (χ0v) is 14.8. The number of hydrogen-bond donors (Lipinski definition) is 2. The van der Waals surface area contributed by atoms with Crippen LogP contribution in [-0.2, 0) is 13.0 Å². The molecule has 6 heteroatoms. The van der Waals surface area contributed by atoms with E-state index in [0.29, 0.717) is 12.4 Å². The number of pyridine rings is 1. The second-order valence-corrected chi connectivity index (χ2v) is 5.64. The van der Waals surface area contributed by atoms with Crippen LogP contribution < -0.4 is 15.4 Å². The Morgan fingerprint density at radius 1 is 1.21 bits per heavy atom. The first kappa shape index (κ1) is 18.1. The van der Waals surface area contributed by atoms with Crippen LogP contribution in [-0.4, -0.2) is 31.1 Å². The second kappa shape index (κ2) is 9.78. The summed E-state index contributed by atoms with van der Waals surface area (Å²) in [5.74, 6) is 1.39. The predicted octanol–water partition coefficient (Wildman–Crippen LogP) is 3.04. The molecule has 0 aliphatic rings. The van der Waals surface area contributed by atoms with Gasteiger partial charge in [-0.05, 0) is 42.7 Å². The molecule has 0 spiro atoms. The average Bonchev–Trinajstić information content (AvgIpc) is 2.60. The fraction of sp³-hybridized carbons (Fsp3) is 0.333. The van der Waals surface area contributed by atoms with E-state index in [1.807, 2.05) is 37.3 Å². The molecule has 0 aliphatic carbocycles. The van der Waals surface area contributed by atoms with Crippen molar-refractivity contribution >= 4 is 17.6 Å². The number of benzene rings is 1. The molecule has 0 radical (unpaired) electrons. The molecule has 2 rings (SSSR count). The Balaban J connectivity index is 1.90. The summed E-state index contributed by atoms with van der Waals surface area (Å²) in [5.41, 5.74) is 2.25. The third-order valence-corrected chi connectivity index (χ3v) is 3.60. The van der Waals surface area contributed by atoms with E-state index in [4.69, 9.17) is 16.3 Å². The maximum atomic E-state index is 6.01. The fourth-order valence-electron chi connectivity index (χ4n) is 2.19. The summed E-state index contributed by atoms with van der Waals surface area (Å²) < 4.78 is 5.13. The monoisotopic (exact) mass is 346 g/mol. The van der Waals surface area contributed by atoms with Crippen LogP contribution in [0.25, 0.3) is 0 Å². The van der Waals surface area contributed by atoms with E-state index >= 15 is 0 Å². The lowest BCUT2D eigenvalue weighted by molar-refractivity contribution is 0.397. The van der Waals surface area contributed by atoms with E-state index in [1.165, 1.54) is 5.56 Å². The third-order valence-electron chi connectivity index (χ3n) is 3.37. The van der Waals surface area contributed by atoms with E-state index in [1.54, 1.807) is 13.3 Å². The van der Waals surface area contributed by atoms with E-state index < -0.39 is 0 Å². The largest absolute Gasteiger partial charge is 0.481 e. The van der Waals surface area contributed by atoms with Gasteiger partial charge in [0.05, 0.1) is 13.7 Å². The van der Waals surface area contributed by atoms with Gasteiger partial charge in [0.2, 0.25) is 5.88 Å². The van der Waals surface area contributed by atoms with Crippen molar-refractivity contribution in [2.24, 2.45) is 4.99 Å². The first-order valence-electron chi connectivity index (χ1n) is 7.97. The molecule has 128 valence electrons. The molecular formula is C18H23ClN4O. The fourth-order valence-corrected chi connectivity index (χ4v) is 2.40. The van der Waals surface area contributed by atoms with Gasteiger partial charge in [0.1, 0.15) is 0 Å². The number of halogens is 1. The molecule has 0 unspecified atom stereocenters. The van der Waals surface area contributed by atoms with Crippen LogP contribution in [0.15, 0.2) is 47.6 Å². The Bertz CT molecular complexity index is 676. The SMILES string of the molecule is CCNC(=NCc1ccnc(OC)c1)NCCc1cccc(Cl)c1. The van der Waals surface area contributed by atoms with Gasteiger partial charge in [0, 0.05) is 30.4 Å². The van der Waals surface area contributed by atoms with Crippen molar-refractivity contribution in [3.05, 3.63) is 58.7 Å². The predicted molar refractivity (Wildman–Crippen MR) is 98.8 cm³/mol. The highest BCUT2D eigenvalue weighted by Gasteiger charge is 2.00. The molecule has 0 aliphatic heterocycles. The number of aliphatic imine (C=N–C) groups is 1. The molecule has 1 aromatic carbocycles. The van der Waals surface area contributed by atoms with Crippen molar-refractivity contribution in [2.45, 2.75) is 19.9 Å². The normalized spacial score (nSPS) is 11.2. The maximum Gasteiger partial charge on any atom is 0.213 e. The summed E-state index contributed by atoms with van der Waals surface area (Å²) in [6.45, 7) is 4.20. The lowest BCUT2D eigenvalue weighted by atomic mass is 10.1. The molecule has 1 aromatic heterocycles. The van der Waals surface area contributed by atoms with Crippen LogP contribution in [0.3, 0.4) is 0 Å². The summed E-state index contributed by atoms with van der Waals surface area (Å²) in [7, 11) is 1.61. The van der Waals surface area contributed by atoms with E-state index in [2.05, 4.69) is 26.7 Å². The number of aromatic nitrogens is 1. The summed E-state index contributed by atoms with van der Waals surface area (Å²) in [6.07, 6.45) is 2.61. The highest BCUT2D eigenvalue weighted by atomic mass is 35.5. The Labute approximate surface area is 148 Å². The van der Waals surface area contributed by atoms with Crippen LogP contribution in [0, 0.1) is 0 Å². The number of rotatable bonds is 7. The Morgan fingerprint density at radius 2 is 2.08 bits per heavy atom. The van der Waals surface area contributed by atoms with Gasteiger partial charge in [0.15, 0.2) is 5.96 Å². The van der Waals surface area contributed by atoms with Crippen molar-refractivity contribution in [1.29, 1.82) is 0 Å².